The van der Waals surface area contributed by atoms with Crippen molar-refractivity contribution in [1.82, 2.24) is 0 Å². The van der Waals surface area contributed by atoms with Gasteiger partial charge in [-0.1, -0.05) is 13.0 Å². The van der Waals surface area contributed by atoms with E-state index in [1.165, 1.54) is 12.1 Å². The van der Waals surface area contributed by atoms with Gasteiger partial charge in [0, 0.05) is 6.26 Å². The lowest BCUT2D eigenvalue weighted by atomic mass is 10.1. The first-order valence-corrected chi connectivity index (χ1v) is 6.31. The van der Waals surface area contributed by atoms with Gasteiger partial charge in [-0.15, -0.1) is 0 Å². The van der Waals surface area contributed by atoms with Crippen molar-refractivity contribution in [2.24, 2.45) is 0 Å². The van der Waals surface area contributed by atoms with Crippen molar-refractivity contribution >= 4 is 15.8 Å². The summed E-state index contributed by atoms with van der Waals surface area (Å²) in [6, 6.07) is 4.16. The zero-order valence-electron chi connectivity index (χ0n) is 8.52. The van der Waals surface area contributed by atoms with Crippen molar-refractivity contribution in [3.63, 3.8) is 0 Å². The number of carboxylic acid groups (broad SMARTS) is 1. The Balaban J connectivity index is 3.46. The molecule has 0 aliphatic rings. The predicted octanol–water partition coefficient (Wildman–Crippen LogP) is 1.35. The average molecular weight is 228 g/mol. The van der Waals surface area contributed by atoms with Crippen LogP contribution in [-0.4, -0.2) is 25.7 Å². The van der Waals surface area contributed by atoms with E-state index in [-0.39, 0.29) is 10.5 Å². The van der Waals surface area contributed by atoms with E-state index in [4.69, 9.17) is 5.11 Å². The van der Waals surface area contributed by atoms with Crippen LogP contribution >= 0.6 is 0 Å². The Morgan fingerprint density at radius 3 is 2.40 bits per heavy atom. The lowest BCUT2D eigenvalue weighted by Crippen LogP contribution is -2.05. The van der Waals surface area contributed by atoms with Crippen molar-refractivity contribution in [3.8, 4) is 0 Å². The molecule has 0 aromatic heterocycles. The smallest absolute Gasteiger partial charge is 0.335 e. The number of hydrogen-bond donors (Lipinski definition) is 1. The van der Waals surface area contributed by atoms with Gasteiger partial charge in [0.15, 0.2) is 9.84 Å². The fraction of sp³-hybridized carbons (Fsp3) is 0.300. The van der Waals surface area contributed by atoms with Crippen molar-refractivity contribution in [2.75, 3.05) is 6.26 Å². The van der Waals surface area contributed by atoms with Crippen LogP contribution in [0.2, 0.25) is 0 Å². The molecule has 0 atom stereocenters. The number of hydrogen-bond acceptors (Lipinski definition) is 3. The maximum Gasteiger partial charge on any atom is 0.335 e. The molecule has 0 saturated carbocycles. The van der Waals surface area contributed by atoms with E-state index < -0.39 is 15.8 Å². The van der Waals surface area contributed by atoms with Gasteiger partial charge in [-0.3, -0.25) is 0 Å². The molecule has 0 amide bonds. The Hall–Kier alpha value is -1.36. The Kier molecular flexibility index (Phi) is 3.14. The SMILES string of the molecule is CCc1ccc(C(=O)O)cc1S(C)(=O)=O. The van der Waals surface area contributed by atoms with Crippen LogP contribution < -0.4 is 0 Å². The lowest BCUT2D eigenvalue weighted by Gasteiger charge is -2.06. The number of aryl methyl sites for hydroxylation is 1. The summed E-state index contributed by atoms with van der Waals surface area (Å²) < 4.78 is 22.8. The molecule has 0 radical (unpaired) electrons. The minimum absolute atomic E-state index is 0.00683. The second-order valence-electron chi connectivity index (χ2n) is 3.25. The highest BCUT2D eigenvalue weighted by Gasteiger charge is 2.15. The molecule has 0 aliphatic carbocycles. The van der Waals surface area contributed by atoms with Gasteiger partial charge in [-0.25, -0.2) is 13.2 Å². The molecule has 0 heterocycles. The molecular weight excluding hydrogens is 216 g/mol. The molecule has 1 aromatic rings. The van der Waals surface area contributed by atoms with Gasteiger partial charge < -0.3 is 5.11 Å². The summed E-state index contributed by atoms with van der Waals surface area (Å²) in [5, 5.41) is 8.74. The highest BCUT2D eigenvalue weighted by atomic mass is 32.2. The van der Waals surface area contributed by atoms with Gasteiger partial charge >= 0.3 is 5.97 Å². The van der Waals surface area contributed by atoms with Crippen molar-refractivity contribution in [2.45, 2.75) is 18.2 Å². The fourth-order valence-corrected chi connectivity index (χ4v) is 2.35. The summed E-state index contributed by atoms with van der Waals surface area (Å²) in [5.74, 6) is -1.12. The summed E-state index contributed by atoms with van der Waals surface area (Å²) in [4.78, 5) is 10.8. The van der Waals surface area contributed by atoms with Crippen LogP contribution in [0.1, 0.15) is 22.8 Å². The zero-order valence-corrected chi connectivity index (χ0v) is 9.34. The third kappa shape index (κ3) is 2.56. The van der Waals surface area contributed by atoms with Gasteiger partial charge in [0.25, 0.3) is 0 Å². The van der Waals surface area contributed by atoms with Crippen LogP contribution in [-0.2, 0) is 16.3 Å². The minimum Gasteiger partial charge on any atom is -0.478 e. The molecule has 0 unspecified atom stereocenters. The average Bonchev–Trinajstić information content (AvgIpc) is 2.15. The number of carbonyl (C=O) groups is 1. The van der Waals surface area contributed by atoms with E-state index in [1.807, 2.05) is 6.92 Å². The van der Waals surface area contributed by atoms with Crippen LogP contribution in [0.4, 0.5) is 0 Å². The van der Waals surface area contributed by atoms with Gasteiger partial charge in [0.05, 0.1) is 10.5 Å². The van der Waals surface area contributed by atoms with E-state index in [9.17, 15) is 13.2 Å². The van der Waals surface area contributed by atoms with Crippen molar-refractivity contribution < 1.29 is 18.3 Å². The minimum atomic E-state index is -3.36. The number of sulfone groups is 1. The molecule has 5 heteroatoms. The molecule has 0 aliphatic heterocycles. The molecule has 4 nitrogen and oxygen atoms in total. The highest BCUT2D eigenvalue weighted by Crippen LogP contribution is 2.18. The third-order valence-electron chi connectivity index (χ3n) is 2.09. The van der Waals surface area contributed by atoms with Crippen LogP contribution in [0.3, 0.4) is 0 Å². The summed E-state index contributed by atoms with van der Waals surface area (Å²) in [7, 11) is -3.36. The number of aromatic carboxylic acids is 1. The van der Waals surface area contributed by atoms with E-state index in [2.05, 4.69) is 0 Å². The second-order valence-corrected chi connectivity index (χ2v) is 5.24. The van der Waals surface area contributed by atoms with Gasteiger partial charge in [0.1, 0.15) is 0 Å². The second kappa shape index (κ2) is 4.02. The standard InChI is InChI=1S/C10H12O4S/c1-3-7-4-5-8(10(11)12)6-9(7)15(2,13)14/h4-6H,3H2,1-2H3,(H,11,12). The molecule has 0 fully saturated rings. The number of benzene rings is 1. The summed E-state index contributed by atoms with van der Waals surface area (Å²) in [5.41, 5.74) is 0.634. The normalized spacial score (nSPS) is 11.3. The van der Waals surface area contributed by atoms with Crippen LogP contribution in [0.25, 0.3) is 0 Å². The Morgan fingerprint density at radius 1 is 1.40 bits per heavy atom. The lowest BCUT2D eigenvalue weighted by molar-refractivity contribution is 0.0696. The van der Waals surface area contributed by atoms with Crippen LogP contribution in [0.15, 0.2) is 23.1 Å². The monoisotopic (exact) mass is 228 g/mol. The first kappa shape index (κ1) is 11.7. The van der Waals surface area contributed by atoms with E-state index in [1.54, 1.807) is 6.07 Å². The number of rotatable bonds is 3. The van der Waals surface area contributed by atoms with E-state index in [0.29, 0.717) is 12.0 Å². The first-order valence-electron chi connectivity index (χ1n) is 4.42. The van der Waals surface area contributed by atoms with Gasteiger partial charge in [-0.05, 0) is 24.1 Å². The zero-order chi connectivity index (χ0) is 11.6. The van der Waals surface area contributed by atoms with E-state index in [0.717, 1.165) is 6.26 Å². The first-order chi connectivity index (χ1) is 6.86. The summed E-state index contributed by atoms with van der Waals surface area (Å²) >= 11 is 0. The van der Waals surface area contributed by atoms with Crippen molar-refractivity contribution in [1.29, 1.82) is 0 Å². The molecular formula is C10H12O4S. The predicted molar refractivity (Wildman–Crippen MR) is 55.9 cm³/mol. The molecule has 0 spiro atoms. The summed E-state index contributed by atoms with van der Waals surface area (Å²) in [6.45, 7) is 1.82. The topological polar surface area (TPSA) is 71.4 Å². The quantitative estimate of drug-likeness (QED) is 0.847. The Labute approximate surface area is 88.5 Å². The van der Waals surface area contributed by atoms with Crippen LogP contribution in [0.5, 0.6) is 0 Å². The molecule has 1 N–H and O–H groups in total. The van der Waals surface area contributed by atoms with Gasteiger partial charge in [0.2, 0.25) is 0 Å². The van der Waals surface area contributed by atoms with Crippen LogP contribution in [0, 0.1) is 0 Å². The largest absolute Gasteiger partial charge is 0.478 e. The number of carboxylic acids is 1. The maximum atomic E-state index is 11.4. The molecule has 15 heavy (non-hydrogen) atoms. The highest BCUT2D eigenvalue weighted by molar-refractivity contribution is 7.90. The molecule has 1 rings (SSSR count). The molecule has 82 valence electrons. The third-order valence-corrected chi connectivity index (χ3v) is 3.27. The Morgan fingerprint density at radius 2 is 2.00 bits per heavy atom. The summed E-state index contributed by atoms with van der Waals surface area (Å²) in [6.07, 6.45) is 1.63. The maximum absolute atomic E-state index is 11.4. The Bertz CT molecular complexity index is 488. The van der Waals surface area contributed by atoms with Gasteiger partial charge in [-0.2, -0.15) is 0 Å². The molecule has 1 aromatic carbocycles. The molecule has 0 bridgehead atoms. The fourth-order valence-electron chi connectivity index (χ4n) is 1.32. The van der Waals surface area contributed by atoms with E-state index >= 15 is 0 Å². The van der Waals surface area contributed by atoms with Crippen molar-refractivity contribution in [3.05, 3.63) is 29.3 Å². The molecule has 0 saturated heterocycles.